The Labute approximate surface area is 122 Å². The number of fused-ring (bicyclic) bond motifs is 1. The zero-order valence-corrected chi connectivity index (χ0v) is 13.0. The molecule has 3 nitrogen and oxygen atoms in total. The molecule has 0 aromatic heterocycles. The van der Waals surface area contributed by atoms with Crippen LogP contribution < -0.4 is 10.6 Å². The number of carbonyl (C=O) groups is 1. The van der Waals surface area contributed by atoms with E-state index in [1.807, 2.05) is 6.92 Å². The molecule has 2 unspecified atom stereocenters. The van der Waals surface area contributed by atoms with Crippen LogP contribution in [0.5, 0.6) is 0 Å². The predicted molar refractivity (Wildman–Crippen MR) is 82.6 cm³/mol. The second-order valence-corrected chi connectivity index (χ2v) is 6.48. The van der Waals surface area contributed by atoms with Crippen LogP contribution in [0.15, 0.2) is 24.3 Å². The lowest BCUT2D eigenvalue weighted by Gasteiger charge is -2.31. The normalized spacial score (nSPS) is 21.3. The summed E-state index contributed by atoms with van der Waals surface area (Å²) in [5.74, 6) is 0.0898. The first-order valence-corrected chi connectivity index (χ1v) is 7.57. The second kappa shape index (κ2) is 5.96. The fourth-order valence-corrected chi connectivity index (χ4v) is 3.03. The van der Waals surface area contributed by atoms with Crippen molar-refractivity contribution in [3.8, 4) is 0 Å². The highest BCUT2D eigenvalue weighted by Crippen LogP contribution is 2.45. The maximum absolute atomic E-state index is 12.0. The summed E-state index contributed by atoms with van der Waals surface area (Å²) in [5, 5.41) is 6.48. The number of hydrogen-bond donors (Lipinski definition) is 2. The topological polar surface area (TPSA) is 41.1 Å². The van der Waals surface area contributed by atoms with Gasteiger partial charge >= 0.3 is 0 Å². The van der Waals surface area contributed by atoms with Crippen LogP contribution in [0.3, 0.4) is 0 Å². The molecule has 0 saturated heterocycles. The van der Waals surface area contributed by atoms with Crippen molar-refractivity contribution in [3.63, 3.8) is 0 Å². The van der Waals surface area contributed by atoms with Crippen LogP contribution in [0.1, 0.15) is 51.3 Å². The van der Waals surface area contributed by atoms with Crippen molar-refractivity contribution >= 4 is 5.91 Å². The summed E-state index contributed by atoms with van der Waals surface area (Å²) < 4.78 is 0. The van der Waals surface area contributed by atoms with Crippen LogP contribution in [0, 0.1) is 5.41 Å². The molecule has 1 aliphatic carbocycles. The number of carbonyl (C=O) groups excluding carboxylic acids is 1. The van der Waals surface area contributed by atoms with E-state index in [9.17, 15) is 4.79 Å². The van der Waals surface area contributed by atoms with Crippen LogP contribution in [0.2, 0.25) is 0 Å². The summed E-state index contributed by atoms with van der Waals surface area (Å²) in [5.41, 5.74) is 2.88. The van der Waals surface area contributed by atoms with Gasteiger partial charge in [0, 0.05) is 12.6 Å². The Bertz CT molecular complexity index is 482. The Kier molecular flexibility index (Phi) is 4.48. The summed E-state index contributed by atoms with van der Waals surface area (Å²) in [4.78, 5) is 12.0. The van der Waals surface area contributed by atoms with E-state index in [4.69, 9.17) is 0 Å². The summed E-state index contributed by atoms with van der Waals surface area (Å²) in [7, 11) is 0. The van der Waals surface area contributed by atoms with Crippen molar-refractivity contribution in [1.82, 2.24) is 10.6 Å². The highest BCUT2D eigenvalue weighted by atomic mass is 16.2. The van der Waals surface area contributed by atoms with E-state index in [1.54, 1.807) is 0 Å². The fourth-order valence-electron chi connectivity index (χ4n) is 3.03. The molecule has 2 N–H and O–H groups in total. The van der Waals surface area contributed by atoms with E-state index >= 15 is 0 Å². The van der Waals surface area contributed by atoms with Gasteiger partial charge in [-0.25, -0.2) is 0 Å². The Hall–Kier alpha value is -1.35. The van der Waals surface area contributed by atoms with Crippen molar-refractivity contribution in [2.24, 2.45) is 5.41 Å². The van der Waals surface area contributed by atoms with Gasteiger partial charge in [-0.05, 0) is 36.3 Å². The molecule has 0 bridgehead atoms. The van der Waals surface area contributed by atoms with Crippen LogP contribution >= 0.6 is 0 Å². The molecule has 20 heavy (non-hydrogen) atoms. The van der Waals surface area contributed by atoms with Gasteiger partial charge in [0.05, 0.1) is 6.04 Å². The average molecular weight is 274 g/mol. The Morgan fingerprint density at radius 2 is 2.10 bits per heavy atom. The molecule has 0 heterocycles. The van der Waals surface area contributed by atoms with E-state index in [0.717, 1.165) is 19.4 Å². The molecule has 0 fully saturated rings. The standard InChI is InChI=1S/C17H26N2O/c1-5-10-18-16(20)12(2)19-15-14-9-7-6-8-13(14)11-17(15,3)4/h6-9,12,15,19H,5,10-11H2,1-4H3,(H,18,20). The number of hydrogen-bond acceptors (Lipinski definition) is 2. The lowest BCUT2D eigenvalue weighted by atomic mass is 9.85. The molecule has 2 atom stereocenters. The minimum atomic E-state index is -0.169. The molecule has 1 aromatic carbocycles. The molecule has 1 aliphatic rings. The largest absolute Gasteiger partial charge is 0.355 e. The first kappa shape index (κ1) is 15.0. The quantitative estimate of drug-likeness (QED) is 0.867. The summed E-state index contributed by atoms with van der Waals surface area (Å²) >= 11 is 0. The SMILES string of the molecule is CCCNC(=O)C(C)NC1c2ccccc2CC1(C)C. The summed E-state index contributed by atoms with van der Waals surface area (Å²) in [6.45, 7) is 9.29. The molecule has 0 aliphatic heterocycles. The highest BCUT2D eigenvalue weighted by molar-refractivity contribution is 5.81. The number of amides is 1. The van der Waals surface area contributed by atoms with E-state index in [2.05, 4.69) is 55.7 Å². The molecule has 2 rings (SSSR count). The van der Waals surface area contributed by atoms with Gasteiger partial charge < -0.3 is 5.32 Å². The van der Waals surface area contributed by atoms with Crippen molar-refractivity contribution in [1.29, 1.82) is 0 Å². The van der Waals surface area contributed by atoms with E-state index in [0.29, 0.717) is 0 Å². The third-order valence-corrected chi connectivity index (χ3v) is 4.15. The number of nitrogens with one attached hydrogen (secondary N) is 2. The van der Waals surface area contributed by atoms with Crippen molar-refractivity contribution in [3.05, 3.63) is 35.4 Å². The second-order valence-electron chi connectivity index (χ2n) is 6.48. The number of rotatable bonds is 5. The van der Waals surface area contributed by atoms with Crippen LogP contribution in [-0.4, -0.2) is 18.5 Å². The minimum Gasteiger partial charge on any atom is -0.355 e. The first-order valence-electron chi connectivity index (χ1n) is 7.57. The van der Waals surface area contributed by atoms with E-state index < -0.39 is 0 Å². The van der Waals surface area contributed by atoms with Crippen LogP contribution in [-0.2, 0) is 11.2 Å². The zero-order valence-electron chi connectivity index (χ0n) is 13.0. The van der Waals surface area contributed by atoms with Gasteiger partial charge in [-0.3, -0.25) is 10.1 Å². The third-order valence-electron chi connectivity index (χ3n) is 4.15. The Morgan fingerprint density at radius 1 is 1.40 bits per heavy atom. The molecule has 1 amide bonds. The molecular weight excluding hydrogens is 248 g/mol. The zero-order chi connectivity index (χ0) is 14.8. The fraction of sp³-hybridized carbons (Fsp3) is 0.588. The smallest absolute Gasteiger partial charge is 0.236 e. The lowest BCUT2D eigenvalue weighted by molar-refractivity contribution is -0.123. The lowest BCUT2D eigenvalue weighted by Crippen LogP contribution is -2.46. The molecule has 3 heteroatoms. The first-order chi connectivity index (χ1) is 9.45. The van der Waals surface area contributed by atoms with Gasteiger partial charge in [0.25, 0.3) is 0 Å². The Morgan fingerprint density at radius 3 is 2.80 bits per heavy atom. The maximum atomic E-state index is 12.0. The maximum Gasteiger partial charge on any atom is 0.236 e. The summed E-state index contributed by atoms with van der Waals surface area (Å²) in [6.07, 6.45) is 2.03. The molecular formula is C17H26N2O. The van der Waals surface area contributed by atoms with Gasteiger partial charge in [0.2, 0.25) is 5.91 Å². The predicted octanol–water partition coefficient (Wildman–Crippen LogP) is 2.81. The van der Waals surface area contributed by atoms with Crippen molar-refractivity contribution in [2.75, 3.05) is 6.54 Å². The van der Waals surface area contributed by atoms with Crippen molar-refractivity contribution in [2.45, 2.75) is 52.6 Å². The molecule has 0 spiro atoms. The van der Waals surface area contributed by atoms with Gasteiger partial charge in [-0.15, -0.1) is 0 Å². The van der Waals surface area contributed by atoms with E-state index in [-0.39, 0.29) is 23.4 Å². The van der Waals surface area contributed by atoms with E-state index in [1.165, 1.54) is 11.1 Å². The minimum absolute atomic E-state index is 0.0898. The highest BCUT2D eigenvalue weighted by Gasteiger charge is 2.39. The molecule has 1 aromatic rings. The molecule has 110 valence electrons. The van der Waals surface area contributed by atoms with Gasteiger partial charge in [-0.2, -0.15) is 0 Å². The molecule has 0 radical (unpaired) electrons. The molecule has 0 saturated carbocycles. The Balaban J connectivity index is 2.10. The van der Waals surface area contributed by atoms with Gasteiger partial charge in [-0.1, -0.05) is 45.0 Å². The van der Waals surface area contributed by atoms with Gasteiger partial charge in [0.15, 0.2) is 0 Å². The third kappa shape index (κ3) is 3.04. The van der Waals surface area contributed by atoms with Crippen LogP contribution in [0.4, 0.5) is 0 Å². The van der Waals surface area contributed by atoms with Gasteiger partial charge in [0.1, 0.15) is 0 Å². The number of benzene rings is 1. The average Bonchev–Trinajstić information content (AvgIpc) is 2.67. The summed E-state index contributed by atoms with van der Waals surface area (Å²) in [6, 6.07) is 8.61. The van der Waals surface area contributed by atoms with Crippen LogP contribution in [0.25, 0.3) is 0 Å². The van der Waals surface area contributed by atoms with Crippen molar-refractivity contribution < 1.29 is 4.79 Å². The monoisotopic (exact) mass is 274 g/mol.